The fourth-order valence-electron chi connectivity index (χ4n) is 2.79. The van der Waals surface area contributed by atoms with Crippen LogP contribution < -0.4 is 4.90 Å². The minimum Gasteiger partial charge on any atom is -0.369 e. The first-order valence-corrected chi connectivity index (χ1v) is 12.0. The van der Waals surface area contributed by atoms with E-state index in [2.05, 4.69) is 76.3 Å². The van der Waals surface area contributed by atoms with E-state index in [4.69, 9.17) is 0 Å². The summed E-state index contributed by atoms with van der Waals surface area (Å²) >= 11 is 5.49. The molecule has 1 fully saturated rings. The van der Waals surface area contributed by atoms with Crippen LogP contribution in [0.1, 0.15) is 5.56 Å². The van der Waals surface area contributed by atoms with Crippen LogP contribution in [0.3, 0.4) is 0 Å². The number of hydrogen-bond acceptors (Lipinski definition) is 5. The number of aryl methyl sites for hydroxylation is 1. The van der Waals surface area contributed by atoms with E-state index in [0.717, 1.165) is 26.2 Å². The number of thiophene rings is 1. The van der Waals surface area contributed by atoms with Gasteiger partial charge >= 0.3 is 0 Å². The van der Waals surface area contributed by atoms with Crippen LogP contribution >= 0.6 is 35.0 Å². The molecule has 0 unspecified atom stereocenters. The number of piperazine rings is 1. The molecule has 2 nitrogen and oxygen atoms in total. The summed E-state index contributed by atoms with van der Waals surface area (Å²) in [6, 6.07) is 23.5. The topological polar surface area (TPSA) is 6.48 Å². The number of anilines is 1. The van der Waals surface area contributed by atoms with E-state index in [1.54, 1.807) is 11.8 Å². The third-order valence-corrected chi connectivity index (χ3v) is 7.19. The van der Waals surface area contributed by atoms with Crippen LogP contribution in [0.15, 0.2) is 81.2 Å². The largest absolute Gasteiger partial charge is 0.369 e. The molecule has 5 heteroatoms. The summed E-state index contributed by atoms with van der Waals surface area (Å²) in [5.74, 6) is 0. The standard InChI is InChI=1S/C15H18N2S2.C7H8S/c1-13-4-6-14(7-5-13)16-8-10-17(11-9-16)19-15-3-2-12-18-15;1-8-7-5-3-2-4-6-7/h2-7,12H,8-11H2,1H3;2-6H,1H3. The van der Waals surface area contributed by atoms with Crippen molar-refractivity contribution in [1.29, 1.82) is 0 Å². The van der Waals surface area contributed by atoms with E-state index in [9.17, 15) is 0 Å². The van der Waals surface area contributed by atoms with E-state index >= 15 is 0 Å². The first-order chi connectivity index (χ1) is 13.2. The fraction of sp³-hybridized carbons (Fsp3) is 0.273. The molecule has 3 aromatic rings. The van der Waals surface area contributed by atoms with Gasteiger partial charge in [-0.3, -0.25) is 0 Å². The second-order valence-corrected chi connectivity index (χ2v) is 9.52. The highest BCUT2D eigenvalue weighted by molar-refractivity contribution is 7.99. The van der Waals surface area contributed by atoms with E-state index in [1.807, 2.05) is 41.5 Å². The van der Waals surface area contributed by atoms with E-state index < -0.39 is 0 Å². The van der Waals surface area contributed by atoms with Crippen molar-refractivity contribution < 1.29 is 0 Å². The minimum absolute atomic E-state index is 1.11. The Balaban J connectivity index is 0.000000221. The van der Waals surface area contributed by atoms with E-state index in [1.165, 1.54) is 20.4 Å². The van der Waals surface area contributed by atoms with Crippen molar-refractivity contribution in [3.63, 3.8) is 0 Å². The summed E-state index contributed by atoms with van der Waals surface area (Å²) in [6.45, 7) is 6.61. The maximum Gasteiger partial charge on any atom is 0.0753 e. The molecule has 2 aromatic carbocycles. The quantitative estimate of drug-likeness (QED) is 0.365. The van der Waals surface area contributed by atoms with Crippen molar-refractivity contribution in [2.75, 3.05) is 37.3 Å². The van der Waals surface area contributed by atoms with Gasteiger partial charge in [0.1, 0.15) is 0 Å². The molecule has 0 saturated carbocycles. The first kappa shape index (κ1) is 20.3. The highest BCUT2D eigenvalue weighted by atomic mass is 32.2. The minimum atomic E-state index is 1.11. The van der Waals surface area contributed by atoms with Crippen molar-refractivity contribution in [3.8, 4) is 0 Å². The highest BCUT2D eigenvalue weighted by Gasteiger charge is 2.18. The van der Waals surface area contributed by atoms with Crippen LogP contribution in [0, 0.1) is 6.92 Å². The number of hydrogen-bond donors (Lipinski definition) is 0. The molecular formula is C22H26N2S3. The predicted molar refractivity (Wildman–Crippen MR) is 123 cm³/mol. The monoisotopic (exact) mass is 414 g/mol. The second kappa shape index (κ2) is 10.8. The van der Waals surface area contributed by atoms with Crippen LogP contribution in [0.25, 0.3) is 0 Å². The molecule has 0 spiro atoms. The molecule has 2 heterocycles. The lowest BCUT2D eigenvalue weighted by atomic mass is 10.2. The Labute approximate surface area is 175 Å². The van der Waals surface area contributed by atoms with Crippen LogP contribution in [0.5, 0.6) is 0 Å². The maximum atomic E-state index is 2.48. The molecule has 0 atom stereocenters. The van der Waals surface area contributed by atoms with Crippen LogP contribution in [0.2, 0.25) is 0 Å². The lowest BCUT2D eigenvalue weighted by molar-refractivity contribution is 0.430. The third-order valence-electron chi connectivity index (χ3n) is 4.33. The zero-order chi connectivity index (χ0) is 18.9. The molecule has 1 aliphatic rings. The van der Waals surface area contributed by atoms with Gasteiger partial charge < -0.3 is 4.90 Å². The molecule has 1 aliphatic heterocycles. The molecule has 0 radical (unpaired) electrons. The molecule has 0 N–H and O–H groups in total. The maximum absolute atomic E-state index is 2.48. The summed E-state index contributed by atoms with van der Waals surface area (Å²) in [5, 5.41) is 2.14. The van der Waals surface area contributed by atoms with Gasteiger partial charge in [0.05, 0.1) is 4.21 Å². The number of thioether (sulfide) groups is 1. The Morgan fingerprint density at radius 1 is 0.815 bits per heavy atom. The van der Waals surface area contributed by atoms with Gasteiger partial charge in [0.2, 0.25) is 0 Å². The summed E-state index contributed by atoms with van der Waals surface area (Å²) < 4.78 is 3.86. The summed E-state index contributed by atoms with van der Waals surface area (Å²) in [5.41, 5.74) is 2.68. The Morgan fingerprint density at radius 3 is 2.07 bits per heavy atom. The Morgan fingerprint density at radius 2 is 1.52 bits per heavy atom. The fourth-order valence-corrected chi connectivity index (χ4v) is 5.06. The Hall–Kier alpha value is -1.40. The highest BCUT2D eigenvalue weighted by Crippen LogP contribution is 2.28. The number of benzene rings is 2. The third kappa shape index (κ3) is 6.61. The Kier molecular flexibility index (Phi) is 8.14. The first-order valence-electron chi connectivity index (χ1n) is 9.11. The molecule has 142 valence electrons. The van der Waals surface area contributed by atoms with Gasteiger partial charge in [0.15, 0.2) is 0 Å². The van der Waals surface area contributed by atoms with E-state index in [0.29, 0.717) is 0 Å². The van der Waals surface area contributed by atoms with Crippen molar-refractivity contribution in [2.45, 2.75) is 16.0 Å². The predicted octanol–water partition coefficient (Wildman–Crippen LogP) is 6.29. The summed E-state index contributed by atoms with van der Waals surface area (Å²) in [7, 11) is 0. The van der Waals surface area contributed by atoms with Gasteiger partial charge in [-0.05, 0) is 60.8 Å². The summed E-state index contributed by atoms with van der Waals surface area (Å²) in [4.78, 5) is 3.80. The van der Waals surface area contributed by atoms with Crippen molar-refractivity contribution in [3.05, 3.63) is 77.7 Å². The van der Waals surface area contributed by atoms with Gasteiger partial charge in [-0.15, -0.1) is 23.1 Å². The zero-order valence-electron chi connectivity index (χ0n) is 15.9. The smallest absolute Gasteiger partial charge is 0.0753 e. The molecular weight excluding hydrogens is 388 g/mol. The molecule has 0 amide bonds. The molecule has 4 rings (SSSR count). The summed E-state index contributed by atoms with van der Waals surface area (Å²) in [6.07, 6.45) is 2.08. The number of rotatable bonds is 4. The lowest BCUT2D eigenvalue weighted by Crippen LogP contribution is -2.43. The van der Waals surface area contributed by atoms with Gasteiger partial charge in [-0.2, -0.15) is 0 Å². The average Bonchev–Trinajstić information content (AvgIpc) is 3.23. The molecule has 0 aliphatic carbocycles. The Bertz CT molecular complexity index is 765. The van der Waals surface area contributed by atoms with Crippen LogP contribution in [0.4, 0.5) is 5.69 Å². The van der Waals surface area contributed by atoms with Gasteiger partial charge in [-0.25, -0.2) is 4.31 Å². The molecule has 0 bridgehead atoms. The zero-order valence-corrected chi connectivity index (χ0v) is 18.3. The van der Waals surface area contributed by atoms with Crippen LogP contribution in [-0.2, 0) is 0 Å². The van der Waals surface area contributed by atoms with E-state index in [-0.39, 0.29) is 0 Å². The molecule has 27 heavy (non-hydrogen) atoms. The van der Waals surface area contributed by atoms with Gasteiger partial charge in [-0.1, -0.05) is 42.0 Å². The molecule has 1 saturated heterocycles. The van der Waals surface area contributed by atoms with Crippen molar-refractivity contribution in [2.24, 2.45) is 0 Å². The normalized spacial score (nSPS) is 14.5. The SMILES string of the molecule is CSc1ccccc1.Cc1ccc(N2CCN(Sc3cccs3)CC2)cc1. The van der Waals surface area contributed by atoms with Crippen LogP contribution in [-0.4, -0.2) is 36.7 Å². The second-order valence-electron chi connectivity index (χ2n) is 6.29. The van der Waals surface area contributed by atoms with Gasteiger partial charge in [0, 0.05) is 36.8 Å². The number of nitrogens with zero attached hydrogens (tertiary/aromatic N) is 2. The van der Waals surface area contributed by atoms with Crippen molar-refractivity contribution in [1.82, 2.24) is 4.31 Å². The average molecular weight is 415 g/mol. The lowest BCUT2D eigenvalue weighted by Gasteiger charge is -2.35. The molecule has 1 aromatic heterocycles. The van der Waals surface area contributed by atoms with Gasteiger partial charge in [0.25, 0.3) is 0 Å². The van der Waals surface area contributed by atoms with Crippen molar-refractivity contribution >= 4 is 40.7 Å².